The van der Waals surface area contributed by atoms with Crippen LogP contribution in [0.4, 0.5) is 4.39 Å². The molecule has 0 amide bonds. The summed E-state index contributed by atoms with van der Waals surface area (Å²) < 4.78 is 25.1. The molecule has 0 aliphatic carbocycles. The number of halogens is 2. The molecule has 0 bridgehead atoms. The summed E-state index contributed by atoms with van der Waals surface area (Å²) in [5.74, 6) is -0.623. The lowest BCUT2D eigenvalue weighted by molar-refractivity contribution is 0.0600. The van der Waals surface area contributed by atoms with E-state index in [0.717, 1.165) is 6.04 Å². The molecular formula is C18H22ClFN2O3Si. The van der Waals surface area contributed by atoms with Gasteiger partial charge in [0.2, 0.25) is 0 Å². The van der Waals surface area contributed by atoms with Gasteiger partial charge in [0.25, 0.3) is 0 Å². The van der Waals surface area contributed by atoms with Gasteiger partial charge < -0.3 is 9.47 Å². The van der Waals surface area contributed by atoms with Gasteiger partial charge in [0.1, 0.15) is 0 Å². The second-order valence-electron chi connectivity index (χ2n) is 7.02. The molecule has 8 heteroatoms. The Labute approximate surface area is 158 Å². The molecule has 2 rings (SSSR count). The molecule has 0 spiro atoms. The predicted octanol–water partition coefficient (Wildman–Crippen LogP) is 4.69. The Bertz CT molecular complexity index is 783. The number of nitrogens with zero attached hydrogens (tertiary/aromatic N) is 2. The zero-order valence-electron chi connectivity index (χ0n) is 15.3. The van der Waals surface area contributed by atoms with Gasteiger partial charge in [0.15, 0.2) is 6.17 Å². The maximum atomic E-state index is 14.9. The monoisotopic (exact) mass is 396 g/mol. The van der Waals surface area contributed by atoms with Crippen LogP contribution < -0.4 is 4.74 Å². The van der Waals surface area contributed by atoms with Crippen molar-refractivity contribution in [3.63, 3.8) is 0 Å². The van der Waals surface area contributed by atoms with E-state index in [0.29, 0.717) is 6.61 Å². The van der Waals surface area contributed by atoms with Crippen molar-refractivity contribution in [2.45, 2.75) is 31.9 Å². The SMILES string of the molecule is COC(=O)c1cc(C(F)c2ccnc(OCC[Si](C)(C)C)n2)ccc1Cl. The summed E-state index contributed by atoms with van der Waals surface area (Å²) in [6.45, 7) is 7.23. The minimum atomic E-state index is -1.54. The van der Waals surface area contributed by atoms with Crippen LogP contribution in [0.1, 0.15) is 27.8 Å². The zero-order chi connectivity index (χ0) is 19.3. The second kappa shape index (κ2) is 8.59. The Morgan fingerprint density at radius 3 is 2.69 bits per heavy atom. The summed E-state index contributed by atoms with van der Waals surface area (Å²) >= 11 is 5.97. The van der Waals surface area contributed by atoms with E-state index in [4.69, 9.17) is 16.3 Å². The third kappa shape index (κ3) is 5.50. The van der Waals surface area contributed by atoms with Crippen LogP contribution in [-0.4, -0.2) is 37.7 Å². The van der Waals surface area contributed by atoms with E-state index < -0.39 is 20.2 Å². The molecule has 1 aromatic heterocycles. The van der Waals surface area contributed by atoms with Crippen LogP contribution in [0.25, 0.3) is 0 Å². The Hall–Kier alpha value is -1.99. The van der Waals surface area contributed by atoms with Gasteiger partial charge in [-0.1, -0.05) is 37.3 Å². The Balaban J connectivity index is 2.18. The fourth-order valence-electron chi connectivity index (χ4n) is 2.15. The molecule has 1 aromatic carbocycles. The maximum Gasteiger partial charge on any atom is 0.339 e. The van der Waals surface area contributed by atoms with Crippen molar-refractivity contribution in [2.24, 2.45) is 0 Å². The lowest BCUT2D eigenvalue weighted by Crippen LogP contribution is -2.22. The van der Waals surface area contributed by atoms with Gasteiger partial charge in [-0.2, -0.15) is 4.98 Å². The van der Waals surface area contributed by atoms with E-state index in [9.17, 15) is 9.18 Å². The molecular weight excluding hydrogens is 375 g/mol. The highest BCUT2D eigenvalue weighted by molar-refractivity contribution is 6.76. The van der Waals surface area contributed by atoms with E-state index in [2.05, 4.69) is 34.3 Å². The second-order valence-corrected chi connectivity index (χ2v) is 13.0. The van der Waals surface area contributed by atoms with Crippen molar-refractivity contribution in [2.75, 3.05) is 13.7 Å². The highest BCUT2D eigenvalue weighted by atomic mass is 35.5. The molecule has 0 saturated carbocycles. The fraction of sp³-hybridized carbons (Fsp3) is 0.389. The Morgan fingerprint density at radius 1 is 1.31 bits per heavy atom. The summed E-state index contributed by atoms with van der Waals surface area (Å²) in [7, 11) is 0.00657. The molecule has 1 atom stereocenters. The standard InChI is InChI=1S/C18H22ClFN2O3Si/c1-24-17(23)13-11-12(5-6-14(13)19)16(20)15-7-8-21-18(22-15)25-9-10-26(2,3)4/h5-8,11,16H,9-10H2,1-4H3. The normalized spacial score (nSPS) is 12.5. The van der Waals surface area contributed by atoms with Crippen LogP contribution in [0.15, 0.2) is 30.5 Å². The summed E-state index contributed by atoms with van der Waals surface area (Å²) in [6.07, 6.45) is -0.0892. The summed E-state index contributed by atoms with van der Waals surface area (Å²) in [5, 5.41) is 0.200. The Kier molecular flexibility index (Phi) is 6.72. The third-order valence-electron chi connectivity index (χ3n) is 3.69. The molecule has 1 unspecified atom stereocenters. The van der Waals surface area contributed by atoms with Crippen molar-refractivity contribution in [3.05, 3.63) is 52.3 Å². The molecule has 0 N–H and O–H groups in total. The van der Waals surface area contributed by atoms with Gasteiger partial charge >= 0.3 is 12.0 Å². The van der Waals surface area contributed by atoms with E-state index in [1.54, 1.807) is 0 Å². The van der Waals surface area contributed by atoms with Crippen LogP contribution in [0.5, 0.6) is 6.01 Å². The fourth-order valence-corrected chi connectivity index (χ4v) is 3.06. The van der Waals surface area contributed by atoms with Crippen LogP contribution in [0, 0.1) is 0 Å². The van der Waals surface area contributed by atoms with Gasteiger partial charge in [0.05, 0.1) is 30.0 Å². The van der Waals surface area contributed by atoms with Crippen molar-refractivity contribution < 1.29 is 18.7 Å². The zero-order valence-corrected chi connectivity index (χ0v) is 17.0. The maximum absolute atomic E-state index is 14.9. The van der Waals surface area contributed by atoms with Crippen molar-refractivity contribution >= 4 is 25.6 Å². The molecule has 0 radical (unpaired) electrons. The average molecular weight is 397 g/mol. The largest absolute Gasteiger partial charge is 0.465 e. The summed E-state index contributed by atoms with van der Waals surface area (Å²) in [6, 6.07) is 6.91. The lowest BCUT2D eigenvalue weighted by atomic mass is 10.0. The van der Waals surface area contributed by atoms with Crippen molar-refractivity contribution in [3.8, 4) is 6.01 Å². The molecule has 0 aliphatic rings. The van der Waals surface area contributed by atoms with Crippen molar-refractivity contribution in [1.29, 1.82) is 0 Å². The number of ether oxygens (including phenoxy) is 2. The van der Waals surface area contributed by atoms with Gasteiger partial charge in [0, 0.05) is 14.3 Å². The topological polar surface area (TPSA) is 61.3 Å². The number of methoxy groups -OCH3 is 1. The van der Waals surface area contributed by atoms with Crippen LogP contribution >= 0.6 is 11.6 Å². The van der Waals surface area contributed by atoms with Crippen LogP contribution in [-0.2, 0) is 4.74 Å². The minimum Gasteiger partial charge on any atom is -0.465 e. The van der Waals surface area contributed by atoms with Gasteiger partial charge in [-0.15, -0.1) is 0 Å². The minimum absolute atomic E-state index is 0.106. The molecule has 0 saturated heterocycles. The predicted molar refractivity (Wildman–Crippen MR) is 101 cm³/mol. The number of hydrogen-bond donors (Lipinski definition) is 0. The first-order chi connectivity index (χ1) is 12.2. The van der Waals surface area contributed by atoms with Gasteiger partial charge in [-0.25, -0.2) is 14.2 Å². The highest BCUT2D eigenvalue weighted by Crippen LogP contribution is 2.29. The number of benzene rings is 1. The first-order valence-corrected chi connectivity index (χ1v) is 12.3. The average Bonchev–Trinajstić information content (AvgIpc) is 2.60. The summed E-state index contributed by atoms with van der Waals surface area (Å²) in [4.78, 5) is 19.9. The Morgan fingerprint density at radius 2 is 2.04 bits per heavy atom. The number of aromatic nitrogens is 2. The number of esters is 1. The molecule has 0 aliphatic heterocycles. The number of alkyl halides is 1. The van der Waals surface area contributed by atoms with E-state index >= 15 is 0 Å². The third-order valence-corrected chi connectivity index (χ3v) is 5.72. The van der Waals surface area contributed by atoms with E-state index in [1.165, 1.54) is 37.6 Å². The van der Waals surface area contributed by atoms with E-state index in [1.807, 2.05) is 0 Å². The van der Waals surface area contributed by atoms with Crippen LogP contribution in [0.2, 0.25) is 30.7 Å². The number of carbonyl (C=O) groups is 1. The van der Waals surface area contributed by atoms with Crippen molar-refractivity contribution in [1.82, 2.24) is 9.97 Å². The molecule has 5 nitrogen and oxygen atoms in total. The molecule has 26 heavy (non-hydrogen) atoms. The number of hydrogen-bond acceptors (Lipinski definition) is 5. The number of rotatable bonds is 7. The molecule has 0 fully saturated rings. The molecule has 140 valence electrons. The molecule has 1 heterocycles. The number of carbonyl (C=O) groups excluding carboxylic acids is 1. The van der Waals surface area contributed by atoms with Gasteiger partial charge in [-0.3, -0.25) is 0 Å². The first kappa shape index (κ1) is 20.3. The van der Waals surface area contributed by atoms with E-state index in [-0.39, 0.29) is 27.9 Å². The molecule has 2 aromatic rings. The first-order valence-electron chi connectivity index (χ1n) is 8.19. The summed E-state index contributed by atoms with van der Waals surface area (Å²) in [5.41, 5.74) is 0.512. The van der Waals surface area contributed by atoms with Gasteiger partial charge in [-0.05, 0) is 29.8 Å². The smallest absolute Gasteiger partial charge is 0.339 e. The lowest BCUT2D eigenvalue weighted by Gasteiger charge is -2.15. The highest BCUT2D eigenvalue weighted by Gasteiger charge is 2.20. The van der Waals surface area contributed by atoms with Crippen LogP contribution in [0.3, 0.4) is 0 Å². The quantitative estimate of drug-likeness (QED) is 0.501.